The summed E-state index contributed by atoms with van der Waals surface area (Å²) in [6.45, 7) is 1.92. The van der Waals surface area contributed by atoms with E-state index in [1.807, 2.05) is 6.92 Å². The number of nitro groups is 2. The second-order valence-electron chi connectivity index (χ2n) is 3.59. The van der Waals surface area contributed by atoms with E-state index in [1.165, 1.54) is 6.07 Å². The molecule has 1 aromatic carbocycles. The molecule has 7 nitrogen and oxygen atoms in total. The maximum Gasteiger partial charge on any atom is 0.317 e. The third-order valence-corrected chi connectivity index (χ3v) is 2.36. The van der Waals surface area contributed by atoms with Crippen molar-refractivity contribution in [1.82, 2.24) is 0 Å². The van der Waals surface area contributed by atoms with Gasteiger partial charge in [0.05, 0.1) is 15.9 Å². The molecule has 0 fully saturated rings. The van der Waals surface area contributed by atoms with Gasteiger partial charge in [-0.1, -0.05) is 13.3 Å². The van der Waals surface area contributed by atoms with E-state index in [4.69, 9.17) is 0 Å². The molecule has 1 aromatic rings. The largest absolute Gasteiger partial charge is 0.502 e. The quantitative estimate of drug-likeness (QED) is 0.628. The molecule has 0 bridgehead atoms. The first-order valence-electron chi connectivity index (χ1n) is 5.12. The molecule has 0 amide bonds. The van der Waals surface area contributed by atoms with E-state index in [0.29, 0.717) is 12.8 Å². The van der Waals surface area contributed by atoms with Gasteiger partial charge in [0.25, 0.3) is 5.69 Å². The monoisotopic (exact) mass is 240 g/mol. The number of hydrogen-bond acceptors (Lipinski definition) is 5. The van der Waals surface area contributed by atoms with Gasteiger partial charge in [-0.3, -0.25) is 20.2 Å². The van der Waals surface area contributed by atoms with Crippen molar-refractivity contribution in [1.29, 1.82) is 0 Å². The number of unbranched alkanes of at least 4 members (excludes halogenated alkanes) is 1. The molecule has 0 heterocycles. The molecule has 0 aromatic heterocycles. The maximum atomic E-state index is 10.6. The van der Waals surface area contributed by atoms with Crippen molar-refractivity contribution in [2.45, 2.75) is 26.2 Å². The molecule has 1 rings (SSSR count). The highest BCUT2D eigenvalue weighted by atomic mass is 16.6. The van der Waals surface area contributed by atoms with Crippen molar-refractivity contribution in [2.24, 2.45) is 0 Å². The maximum absolute atomic E-state index is 10.6. The highest BCUT2D eigenvalue weighted by Gasteiger charge is 2.23. The fraction of sp³-hybridized carbons (Fsp3) is 0.400. The zero-order chi connectivity index (χ0) is 13.0. The molecular weight excluding hydrogens is 228 g/mol. The van der Waals surface area contributed by atoms with Crippen LogP contribution >= 0.6 is 0 Å². The van der Waals surface area contributed by atoms with Gasteiger partial charge in [-0.2, -0.15) is 0 Å². The molecule has 0 unspecified atom stereocenters. The van der Waals surface area contributed by atoms with Gasteiger partial charge in [-0.25, -0.2) is 0 Å². The molecule has 0 saturated heterocycles. The predicted octanol–water partition coefficient (Wildman–Crippen LogP) is 2.55. The van der Waals surface area contributed by atoms with Gasteiger partial charge >= 0.3 is 5.69 Å². The Hall–Kier alpha value is -2.18. The number of aryl methyl sites for hydroxylation is 1. The summed E-state index contributed by atoms with van der Waals surface area (Å²) in [6, 6.07) is 1.95. The lowest BCUT2D eigenvalue weighted by atomic mass is 10.1. The van der Waals surface area contributed by atoms with E-state index in [9.17, 15) is 25.3 Å². The summed E-state index contributed by atoms with van der Waals surface area (Å²) in [5.74, 6) is -0.478. The minimum Gasteiger partial charge on any atom is -0.502 e. The van der Waals surface area contributed by atoms with E-state index >= 15 is 0 Å². The standard InChI is InChI=1S/C10H12N2O5/c1-2-3-4-7-5-8(11(14)15)6-9(10(7)13)12(16)17/h5-6,13H,2-4H2,1H3. The van der Waals surface area contributed by atoms with Crippen LogP contribution in [-0.2, 0) is 6.42 Å². The van der Waals surface area contributed by atoms with Gasteiger partial charge < -0.3 is 5.11 Å². The Bertz CT molecular complexity index is 458. The summed E-state index contributed by atoms with van der Waals surface area (Å²) in [6.07, 6.45) is 1.91. The van der Waals surface area contributed by atoms with Crippen LogP contribution in [0.15, 0.2) is 12.1 Å². The number of rotatable bonds is 5. The Morgan fingerprint density at radius 2 is 1.88 bits per heavy atom. The highest BCUT2D eigenvalue weighted by Crippen LogP contribution is 2.34. The molecule has 0 aliphatic heterocycles. The molecule has 17 heavy (non-hydrogen) atoms. The molecular formula is C10H12N2O5. The lowest BCUT2D eigenvalue weighted by Crippen LogP contribution is -1.97. The van der Waals surface area contributed by atoms with Crippen molar-refractivity contribution in [3.8, 4) is 5.75 Å². The van der Waals surface area contributed by atoms with Gasteiger partial charge in [-0.05, 0) is 12.8 Å². The number of nitro benzene ring substituents is 2. The first kappa shape index (κ1) is 12.9. The minimum atomic E-state index is -0.822. The van der Waals surface area contributed by atoms with Crippen molar-refractivity contribution in [3.63, 3.8) is 0 Å². The number of non-ortho nitro benzene ring substituents is 1. The average molecular weight is 240 g/mol. The van der Waals surface area contributed by atoms with Gasteiger partial charge in [0.1, 0.15) is 0 Å². The predicted molar refractivity (Wildman–Crippen MR) is 60.0 cm³/mol. The van der Waals surface area contributed by atoms with Crippen molar-refractivity contribution >= 4 is 11.4 Å². The third kappa shape index (κ3) is 2.90. The zero-order valence-corrected chi connectivity index (χ0v) is 9.25. The first-order chi connectivity index (χ1) is 7.97. The van der Waals surface area contributed by atoms with Crippen LogP contribution in [0, 0.1) is 20.2 Å². The van der Waals surface area contributed by atoms with E-state index in [1.54, 1.807) is 0 Å². The fourth-order valence-electron chi connectivity index (χ4n) is 1.46. The Balaban J connectivity index is 3.27. The van der Waals surface area contributed by atoms with Gasteiger partial charge in [0.15, 0.2) is 5.75 Å². The summed E-state index contributed by atoms with van der Waals surface area (Å²) in [4.78, 5) is 19.7. The number of nitrogens with zero attached hydrogens (tertiary/aromatic N) is 2. The van der Waals surface area contributed by atoms with Crippen LogP contribution in [0.25, 0.3) is 0 Å². The topological polar surface area (TPSA) is 107 Å². The smallest absolute Gasteiger partial charge is 0.317 e. The van der Waals surface area contributed by atoms with Gasteiger partial charge in [-0.15, -0.1) is 0 Å². The Labute approximate surface area is 97.0 Å². The van der Waals surface area contributed by atoms with Crippen molar-refractivity contribution in [2.75, 3.05) is 0 Å². The van der Waals surface area contributed by atoms with Gasteiger partial charge in [0, 0.05) is 11.6 Å². The summed E-state index contributed by atoms with van der Waals surface area (Å²) in [7, 11) is 0. The summed E-state index contributed by atoms with van der Waals surface area (Å²) in [5.41, 5.74) is -0.751. The van der Waals surface area contributed by atoms with Crippen molar-refractivity contribution < 1.29 is 15.0 Å². The molecule has 1 N–H and O–H groups in total. The molecule has 0 atom stereocenters. The molecule has 0 aliphatic carbocycles. The van der Waals surface area contributed by atoms with E-state index in [0.717, 1.165) is 12.5 Å². The summed E-state index contributed by atoms with van der Waals surface area (Å²) < 4.78 is 0. The van der Waals surface area contributed by atoms with Crippen LogP contribution in [0.3, 0.4) is 0 Å². The normalized spacial score (nSPS) is 10.2. The van der Waals surface area contributed by atoms with Crippen molar-refractivity contribution in [3.05, 3.63) is 37.9 Å². The molecule has 0 aliphatic rings. The summed E-state index contributed by atoms with van der Waals surface area (Å²) >= 11 is 0. The average Bonchev–Trinajstić information content (AvgIpc) is 2.26. The molecule has 0 radical (unpaired) electrons. The number of hydrogen-bond donors (Lipinski definition) is 1. The van der Waals surface area contributed by atoms with Gasteiger partial charge in [0.2, 0.25) is 0 Å². The van der Waals surface area contributed by atoms with Crippen LogP contribution in [0.1, 0.15) is 25.3 Å². The van der Waals surface area contributed by atoms with Crippen LogP contribution in [0.5, 0.6) is 5.75 Å². The Morgan fingerprint density at radius 3 is 2.35 bits per heavy atom. The third-order valence-electron chi connectivity index (χ3n) is 2.36. The second kappa shape index (κ2) is 5.24. The van der Waals surface area contributed by atoms with E-state index < -0.39 is 21.3 Å². The number of benzene rings is 1. The molecule has 0 spiro atoms. The van der Waals surface area contributed by atoms with Crippen LogP contribution in [0.2, 0.25) is 0 Å². The Morgan fingerprint density at radius 1 is 1.24 bits per heavy atom. The number of aromatic hydroxyl groups is 1. The first-order valence-corrected chi connectivity index (χ1v) is 5.12. The zero-order valence-electron chi connectivity index (χ0n) is 9.25. The lowest BCUT2D eigenvalue weighted by Gasteiger charge is -2.04. The SMILES string of the molecule is CCCCc1cc([N+](=O)[O-])cc([N+](=O)[O-])c1O. The fourth-order valence-corrected chi connectivity index (χ4v) is 1.46. The lowest BCUT2D eigenvalue weighted by molar-refractivity contribution is -0.394. The van der Waals surface area contributed by atoms with Crippen LogP contribution in [-0.4, -0.2) is 15.0 Å². The number of phenolic OH excluding ortho intramolecular Hbond substituents is 1. The molecule has 0 saturated carbocycles. The van der Waals surface area contributed by atoms with E-state index in [2.05, 4.69) is 0 Å². The second-order valence-corrected chi connectivity index (χ2v) is 3.59. The van der Waals surface area contributed by atoms with E-state index in [-0.39, 0.29) is 11.3 Å². The minimum absolute atomic E-state index is 0.243. The highest BCUT2D eigenvalue weighted by molar-refractivity contribution is 5.57. The van der Waals surface area contributed by atoms with Crippen LogP contribution in [0.4, 0.5) is 11.4 Å². The Kier molecular flexibility index (Phi) is 3.97. The van der Waals surface area contributed by atoms with Crippen LogP contribution < -0.4 is 0 Å². The summed E-state index contributed by atoms with van der Waals surface area (Å²) in [5, 5.41) is 30.9. The molecule has 7 heteroatoms. The number of phenols is 1. The molecule has 92 valence electrons.